The Bertz CT molecular complexity index is 894. The maximum absolute atomic E-state index is 13.0. The lowest BCUT2D eigenvalue weighted by molar-refractivity contribution is 0.324. The average Bonchev–Trinajstić information content (AvgIpc) is 2.69. The van der Waals surface area contributed by atoms with Crippen LogP contribution in [0.5, 0.6) is 17.2 Å². The molecule has 0 fully saturated rings. The molecule has 0 spiro atoms. The second-order valence-electron chi connectivity index (χ2n) is 5.44. The lowest BCUT2D eigenvalue weighted by atomic mass is 10.2. The lowest BCUT2D eigenvalue weighted by Crippen LogP contribution is -2.02. The lowest BCUT2D eigenvalue weighted by Gasteiger charge is -2.15. The third-order valence-corrected chi connectivity index (χ3v) is 3.69. The highest BCUT2D eigenvalue weighted by atomic mass is 19.1. The number of methoxy groups -OCH3 is 3. The molecule has 0 radical (unpaired) electrons. The first-order chi connectivity index (χ1) is 13.1. The van der Waals surface area contributed by atoms with E-state index < -0.39 is 0 Å². The molecule has 0 bridgehead atoms. The van der Waals surface area contributed by atoms with Gasteiger partial charge in [-0.3, -0.25) is 0 Å². The van der Waals surface area contributed by atoms with Gasteiger partial charge in [-0.25, -0.2) is 9.37 Å². The van der Waals surface area contributed by atoms with Crippen LogP contribution in [0.4, 0.5) is 27.5 Å². The number of aromatic nitrogens is 2. The maximum Gasteiger partial charge on any atom is 0.229 e. The molecule has 0 amide bonds. The van der Waals surface area contributed by atoms with Gasteiger partial charge in [-0.1, -0.05) is 0 Å². The predicted molar refractivity (Wildman–Crippen MR) is 101 cm³/mol. The second kappa shape index (κ2) is 8.22. The minimum atomic E-state index is -0.298. The van der Waals surface area contributed by atoms with Gasteiger partial charge in [-0.05, 0) is 30.3 Å². The van der Waals surface area contributed by atoms with E-state index >= 15 is 0 Å². The summed E-state index contributed by atoms with van der Waals surface area (Å²) in [7, 11) is 4.64. The molecule has 0 saturated heterocycles. The van der Waals surface area contributed by atoms with Crippen molar-refractivity contribution < 1.29 is 18.6 Å². The summed E-state index contributed by atoms with van der Waals surface area (Å²) >= 11 is 0. The van der Waals surface area contributed by atoms with Crippen LogP contribution in [0.2, 0.25) is 0 Å². The number of halogens is 1. The standard InChI is InChI=1S/C19H19FN4O3/c1-25-15-10-14(11-16(26-2)18(15)27-3)23-19-21-9-8-17(24-19)22-13-6-4-12(20)5-7-13/h4-11H,1-3H3,(H2,21,22,23,24). The zero-order chi connectivity index (χ0) is 19.2. The highest BCUT2D eigenvalue weighted by molar-refractivity contribution is 5.66. The number of nitrogens with one attached hydrogen (secondary N) is 2. The van der Waals surface area contributed by atoms with E-state index in [0.717, 1.165) is 0 Å². The minimum absolute atomic E-state index is 0.298. The van der Waals surface area contributed by atoms with Crippen LogP contribution in [-0.2, 0) is 0 Å². The summed E-state index contributed by atoms with van der Waals surface area (Å²) in [5.41, 5.74) is 1.39. The van der Waals surface area contributed by atoms with Gasteiger partial charge in [-0.15, -0.1) is 0 Å². The number of anilines is 4. The SMILES string of the molecule is COc1cc(Nc2nccc(Nc3ccc(F)cc3)n2)cc(OC)c1OC. The molecule has 0 saturated carbocycles. The second-order valence-corrected chi connectivity index (χ2v) is 5.44. The first kappa shape index (κ1) is 18.2. The van der Waals surface area contributed by atoms with E-state index in [4.69, 9.17) is 14.2 Å². The quantitative estimate of drug-likeness (QED) is 0.647. The maximum atomic E-state index is 13.0. The minimum Gasteiger partial charge on any atom is -0.493 e. The number of benzene rings is 2. The van der Waals surface area contributed by atoms with Crippen LogP contribution < -0.4 is 24.8 Å². The fraction of sp³-hybridized carbons (Fsp3) is 0.158. The van der Waals surface area contributed by atoms with Crippen LogP contribution in [0.1, 0.15) is 0 Å². The molecule has 0 aliphatic heterocycles. The number of nitrogens with zero attached hydrogens (tertiary/aromatic N) is 2. The molecular formula is C19H19FN4O3. The van der Waals surface area contributed by atoms with Gasteiger partial charge in [0.25, 0.3) is 0 Å². The van der Waals surface area contributed by atoms with Gasteiger partial charge in [0.15, 0.2) is 11.5 Å². The Morgan fingerprint density at radius 1 is 0.815 bits per heavy atom. The van der Waals surface area contributed by atoms with Crippen molar-refractivity contribution in [1.82, 2.24) is 9.97 Å². The van der Waals surface area contributed by atoms with Gasteiger partial charge >= 0.3 is 0 Å². The zero-order valence-electron chi connectivity index (χ0n) is 15.1. The van der Waals surface area contributed by atoms with Gasteiger partial charge in [-0.2, -0.15) is 4.98 Å². The summed E-state index contributed by atoms with van der Waals surface area (Å²) in [4.78, 5) is 8.61. The van der Waals surface area contributed by atoms with Crippen molar-refractivity contribution in [3.63, 3.8) is 0 Å². The van der Waals surface area contributed by atoms with Crippen LogP contribution in [0, 0.1) is 5.82 Å². The highest BCUT2D eigenvalue weighted by Crippen LogP contribution is 2.40. The fourth-order valence-electron chi connectivity index (χ4n) is 2.45. The Kier molecular flexibility index (Phi) is 5.55. The molecule has 2 aromatic carbocycles. The molecule has 140 valence electrons. The van der Waals surface area contributed by atoms with E-state index in [0.29, 0.717) is 40.4 Å². The fourth-order valence-corrected chi connectivity index (χ4v) is 2.45. The van der Waals surface area contributed by atoms with Crippen LogP contribution in [0.15, 0.2) is 48.7 Å². The van der Waals surface area contributed by atoms with Gasteiger partial charge in [0.2, 0.25) is 11.7 Å². The van der Waals surface area contributed by atoms with Crippen molar-refractivity contribution in [3.8, 4) is 17.2 Å². The van der Waals surface area contributed by atoms with E-state index in [9.17, 15) is 4.39 Å². The van der Waals surface area contributed by atoms with Crippen molar-refractivity contribution in [2.45, 2.75) is 0 Å². The third-order valence-electron chi connectivity index (χ3n) is 3.69. The molecule has 1 heterocycles. The van der Waals surface area contributed by atoms with Gasteiger partial charge < -0.3 is 24.8 Å². The molecule has 8 heteroatoms. The Morgan fingerprint density at radius 3 is 2.07 bits per heavy atom. The number of hydrogen-bond acceptors (Lipinski definition) is 7. The molecule has 2 N–H and O–H groups in total. The molecule has 0 aliphatic carbocycles. The number of ether oxygens (including phenoxy) is 3. The first-order valence-corrected chi connectivity index (χ1v) is 8.05. The van der Waals surface area contributed by atoms with Crippen molar-refractivity contribution >= 4 is 23.1 Å². The smallest absolute Gasteiger partial charge is 0.229 e. The van der Waals surface area contributed by atoms with E-state index in [2.05, 4.69) is 20.6 Å². The Hall–Kier alpha value is -3.55. The van der Waals surface area contributed by atoms with E-state index in [-0.39, 0.29) is 5.82 Å². The Morgan fingerprint density at radius 2 is 1.48 bits per heavy atom. The van der Waals surface area contributed by atoms with E-state index in [1.165, 1.54) is 12.1 Å². The van der Waals surface area contributed by atoms with Gasteiger partial charge in [0.05, 0.1) is 21.3 Å². The Labute approximate surface area is 156 Å². The molecule has 0 unspecified atom stereocenters. The highest BCUT2D eigenvalue weighted by Gasteiger charge is 2.14. The van der Waals surface area contributed by atoms with Crippen molar-refractivity contribution in [2.75, 3.05) is 32.0 Å². The normalized spacial score (nSPS) is 10.2. The van der Waals surface area contributed by atoms with Crippen LogP contribution in [0.3, 0.4) is 0 Å². The molecule has 1 aromatic heterocycles. The van der Waals surface area contributed by atoms with Crippen molar-refractivity contribution in [1.29, 1.82) is 0 Å². The monoisotopic (exact) mass is 370 g/mol. The summed E-state index contributed by atoms with van der Waals surface area (Å²) in [5.74, 6) is 2.16. The summed E-state index contributed by atoms with van der Waals surface area (Å²) < 4.78 is 29.0. The van der Waals surface area contributed by atoms with Crippen LogP contribution in [0.25, 0.3) is 0 Å². The number of rotatable bonds is 7. The van der Waals surface area contributed by atoms with Crippen molar-refractivity contribution in [3.05, 3.63) is 54.5 Å². The largest absolute Gasteiger partial charge is 0.493 e. The average molecular weight is 370 g/mol. The summed E-state index contributed by atoms with van der Waals surface area (Å²) in [6.45, 7) is 0. The van der Waals surface area contributed by atoms with Gasteiger partial charge in [0.1, 0.15) is 11.6 Å². The molecular weight excluding hydrogens is 351 g/mol. The van der Waals surface area contributed by atoms with Crippen LogP contribution in [-0.4, -0.2) is 31.3 Å². The molecule has 3 aromatic rings. The topological polar surface area (TPSA) is 77.5 Å². The summed E-state index contributed by atoms with van der Waals surface area (Å²) in [6.07, 6.45) is 1.61. The molecule has 7 nitrogen and oxygen atoms in total. The molecule has 3 rings (SSSR count). The summed E-state index contributed by atoms with van der Waals surface area (Å²) in [6, 6.07) is 11.2. The molecule has 0 atom stereocenters. The predicted octanol–water partition coefficient (Wildman–Crippen LogP) is 4.13. The van der Waals surface area contributed by atoms with Crippen molar-refractivity contribution in [2.24, 2.45) is 0 Å². The zero-order valence-corrected chi connectivity index (χ0v) is 15.1. The van der Waals surface area contributed by atoms with E-state index in [1.54, 1.807) is 57.9 Å². The van der Waals surface area contributed by atoms with Crippen LogP contribution >= 0.6 is 0 Å². The Balaban J connectivity index is 1.82. The van der Waals surface area contributed by atoms with Gasteiger partial charge in [0, 0.05) is 29.7 Å². The summed E-state index contributed by atoms with van der Waals surface area (Å²) in [5, 5.41) is 6.20. The van der Waals surface area contributed by atoms with E-state index in [1.807, 2.05) is 0 Å². The molecule has 27 heavy (non-hydrogen) atoms. The first-order valence-electron chi connectivity index (χ1n) is 8.05. The number of hydrogen-bond donors (Lipinski definition) is 2. The molecule has 0 aliphatic rings. The third kappa shape index (κ3) is 4.35.